The third-order valence-electron chi connectivity index (χ3n) is 16.3. The van der Waals surface area contributed by atoms with Crippen LogP contribution in [-0.2, 0) is 88.3 Å². The Morgan fingerprint density at radius 1 is 0.680 bits per heavy atom. The van der Waals surface area contributed by atoms with Crippen LogP contribution < -0.4 is 80.5 Å². The van der Waals surface area contributed by atoms with E-state index in [1.807, 2.05) is 18.2 Å². The van der Waals surface area contributed by atoms with Crippen LogP contribution in [0.25, 0.3) is 10.9 Å². The highest BCUT2D eigenvalue weighted by atomic mass is 32.2. The second-order valence-corrected chi connectivity index (χ2v) is 26.3. The van der Waals surface area contributed by atoms with Crippen molar-refractivity contribution in [2.75, 3.05) is 37.8 Å². The number of para-hydroxylation sites is 1. The number of nitrogens with zero attached hydrogens (tertiary/aromatic N) is 2. The van der Waals surface area contributed by atoms with Gasteiger partial charge in [-0.2, -0.15) is 23.5 Å². The summed E-state index contributed by atoms with van der Waals surface area (Å²) in [6.07, 6.45) is 6.99. The molecular weight excluding hydrogens is 1330 g/mol. The Kier molecular flexibility index (Phi) is 30.2. The molecule has 7 rings (SSSR count). The Morgan fingerprint density at radius 3 is 2.02 bits per heavy atom. The number of rotatable bonds is 15. The van der Waals surface area contributed by atoms with Crippen LogP contribution in [0.5, 0.6) is 11.5 Å². The number of amides is 11. The summed E-state index contributed by atoms with van der Waals surface area (Å²) in [5.74, 6) is -9.90. The molecular formula is C66H89N18O14S2+. The van der Waals surface area contributed by atoms with Crippen molar-refractivity contribution in [2.45, 2.75) is 144 Å². The SMILES string of the molecule is CC[C@H](C)[C@@H]1NC(=O)[C@H](CCC[NH+]=C(N)N)NC(=O)CNC(=O)[C@H](Cc2ccc(O)cc2)NC(=O)[C@H](Cc2c[nH]c3ccccc23)NC(=O)[C@H](Cc2cnc[nH]2)NC(=O)[C@@H]2CSCc3cc(cc(c3)OCCCCCCO/N=C/C(=O)N[C@@H](CC(N)=O)C(=O)N2)CSC[C@@H](C(N)=O)NC1=O. The third kappa shape index (κ3) is 25.2. The number of hydrogen-bond donors (Lipinski definition) is 17. The number of aromatic nitrogens is 3. The maximum atomic E-state index is 15.2. The average Bonchev–Trinajstić information content (AvgIpc) is 1.58. The number of phenolic OH excluding ortho intramolecular Hbond substituents is 1. The molecule has 4 bridgehead atoms. The van der Waals surface area contributed by atoms with Gasteiger partial charge in [0.1, 0.15) is 72.7 Å². The zero-order valence-electron chi connectivity index (χ0n) is 55.6. The van der Waals surface area contributed by atoms with Gasteiger partial charge in [0.2, 0.25) is 59.1 Å². The molecule has 34 heteroatoms. The molecule has 0 unspecified atom stereocenters. The quantitative estimate of drug-likeness (QED) is 0.0288. The van der Waals surface area contributed by atoms with Gasteiger partial charge in [-0.05, 0) is 97.0 Å². The van der Waals surface area contributed by atoms with E-state index in [4.69, 9.17) is 32.5 Å². The first-order valence-corrected chi connectivity index (χ1v) is 35.1. The summed E-state index contributed by atoms with van der Waals surface area (Å²) in [5, 5.41) is 38.6. The van der Waals surface area contributed by atoms with E-state index in [9.17, 15) is 43.5 Å². The molecule has 9 atom stereocenters. The first-order valence-electron chi connectivity index (χ1n) is 32.8. The lowest BCUT2D eigenvalue weighted by Gasteiger charge is -2.28. The Bertz CT molecular complexity index is 3700. The Labute approximate surface area is 585 Å². The molecule has 4 heterocycles. The summed E-state index contributed by atoms with van der Waals surface area (Å²) in [4.78, 5) is 174. The molecule has 0 saturated heterocycles. The van der Waals surface area contributed by atoms with E-state index in [2.05, 4.69) is 73.0 Å². The topological polar surface area (TPSA) is 510 Å². The Hall–Kier alpha value is -10.4. The lowest BCUT2D eigenvalue weighted by molar-refractivity contribution is -0.459. The number of aromatic amines is 2. The first-order chi connectivity index (χ1) is 48.0. The molecule has 5 aromatic rings. The highest BCUT2D eigenvalue weighted by Crippen LogP contribution is 2.26. The van der Waals surface area contributed by atoms with E-state index in [-0.39, 0.29) is 80.0 Å². The largest absolute Gasteiger partial charge is 0.508 e. The summed E-state index contributed by atoms with van der Waals surface area (Å²) in [5.41, 5.74) is 26.2. The summed E-state index contributed by atoms with van der Waals surface area (Å²) < 4.78 is 6.30. The van der Waals surface area contributed by atoms with Crippen molar-refractivity contribution in [3.05, 3.63) is 113 Å². The fourth-order valence-electron chi connectivity index (χ4n) is 10.8. The average molecular weight is 1420 g/mol. The van der Waals surface area contributed by atoms with Crippen LogP contribution in [0.1, 0.15) is 93.2 Å². The molecule has 11 amide bonds. The van der Waals surface area contributed by atoms with Crippen molar-refractivity contribution in [1.29, 1.82) is 0 Å². The number of benzene rings is 3. The van der Waals surface area contributed by atoms with Gasteiger partial charge in [0.25, 0.3) is 5.91 Å². The molecule has 0 spiro atoms. The van der Waals surface area contributed by atoms with Crippen molar-refractivity contribution < 1.29 is 72.4 Å². The molecule has 0 saturated carbocycles. The molecule has 21 N–H and O–H groups in total. The number of thioether (sulfide) groups is 2. The van der Waals surface area contributed by atoms with Crippen molar-refractivity contribution in [3.8, 4) is 11.5 Å². The molecule has 2 aliphatic heterocycles. The van der Waals surface area contributed by atoms with Gasteiger partial charge >= 0.3 is 5.96 Å². The maximum absolute atomic E-state index is 15.2. The summed E-state index contributed by atoms with van der Waals surface area (Å²) in [6, 6.07) is 6.79. The van der Waals surface area contributed by atoms with Gasteiger partial charge in [-0.1, -0.05) is 61.8 Å². The van der Waals surface area contributed by atoms with Gasteiger partial charge in [-0.15, -0.1) is 0 Å². The number of hydrogen-bond acceptors (Lipinski definition) is 18. The van der Waals surface area contributed by atoms with E-state index >= 15 is 14.4 Å². The van der Waals surface area contributed by atoms with Crippen molar-refractivity contribution >= 4 is 112 Å². The predicted octanol–water partition coefficient (Wildman–Crippen LogP) is -2.70. The minimum atomic E-state index is -1.65. The van der Waals surface area contributed by atoms with Crippen LogP contribution in [0, 0.1) is 5.92 Å². The molecule has 2 aromatic heterocycles. The predicted molar refractivity (Wildman–Crippen MR) is 373 cm³/mol. The molecule has 0 aliphatic carbocycles. The van der Waals surface area contributed by atoms with E-state index in [1.54, 1.807) is 44.3 Å². The lowest BCUT2D eigenvalue weighted by Crippen LogP contribution is -2.78. The zero-order valence-corrected chi connectivity index (χ0v) is 57.2. The number of nitrogens with two attached hydrogens (primary N) is 4. The molecule has 3 aromatic carbocycles. The van der Waals surface area contributed by atoms with Gasteiger partial charge in [0.05, 0.1) is 32.4 Å². The molecule has 100 heavy (non-hydrogen) atoms. The van der Waals surface area contributed by atoms with Gasteiger partial charge in [-0.25, -0.2) is 4.98 Å². The second kappa shape index (κ2) is 39.3. The number of aromatic hydroxyl groups is 1. The summed E-state index contributed by atoms with van der Waals surface area (Å²) in [7, 11) is 0. The minimum absolute atomic E-state index is 0.0254. The van der Waals surface area contributed by atoms with Gasteiger partial charge in [-0.3, -0.25) is 69.2 Å². The van der Waals surface area contributed by atoms with Crippen LogP contribution in [-0.4, -0.2) is 183 Å². The number of carbonyl (C=O) groups excluding carboxylic acids is 11. The van der Waals surface area contributed by atoms with Crippen LogP contribution >= 0.6 is 23.5 Å². The summed E-state index contributed by atoms with van der Waals surface area (Å²) in [6.45, 7) is 3.39. The van der Waals surface area contributed by atoms with Gasteiger partial charge < -0.3 is 84.0 Å². The number of oxime groups is 1. The normalized spacial score (nSPS) is 22.9. The smallest absolute Gasteiger partial charge is 0.338 e. The van der Waals surface area contributed by atoms with E-state index in [0.29, 0.717) is 64.9 Å². The van der Waals surface area contributed by atoms with E-state index in [1.165, 1.54) is 60.3 Å². The zero-order chi connectivity index (χ0) is 72.1. The third-order valence-corrected chi connectivity index (χ3v) is 18.5. The standard InChI is InChI=1S/C66H88N18O14S2/c1-3-37(2)57-65(96)82-52(58(68)89)34-99-32-39-21-40-23-44(22-39)97-19-8-4-5-9-20-98-76-31-56(88)78-51(27-54(67)86)63(94)83-53(35-100-33-40)64(95)81-50(26-42-29-71-36-75-42)62(93)80-49(25-41-28-73-46-12-7-6-11-45(41)46)61(92)79-48(24-38-14-16-43(85)17-15-38)59(90)74-30-55(87)77-47(60(91)84-57)13-10-18-72-66(69)70/h6-7,11-12,14-17,21-23,28-29,31,36-37,47-53,57,73,85H,3-5,8-10,13,18-20,24-27,30,32-35H2,1-2H3,(H2,67,86)(H2,68,89)(H,71,75)(H,74,90)(H,77,87)(H,78,88)(H,79,92)(H,80,93)(H,81,95)(H,82,96)(H,83,94)(H,84,91)(H4,69,70,72)/p+1/b76-31+/t37-,47-,48-,49-,50-,51-,52-,53-,57-/m0/s1. The highest BCUT2D eigenvalue weighted by molar-refractivity contribution is 7.98. The van der Waals surface area contributed by atoms with Crippen LogP contribution in [0.3, 0.4) is 0 Å². The number of ether oxygens (including phenoxy) is 1. The molecule has 0 fully saturated rings. The fraction of sp³-hybridized carbons (Fsp3) is 0.455. The number of imidazole rings is 1. The minimum Gasteiger partial charge on any atom is -0.508 e. The van der Waals surface area contributed by atoms with Crippen molar-refractivity contribution in [1.82, 2.24) is 62.8 Å². The van der Waals surface area contributed by atoms with Gasteiger partial charge in [0, 0.05) is 71.3 Å². The van der Waals surface area contributed by atoms with Crippen LogP contribution in [0.4, 0.5) is 0 Å². The number of fused-ring (bicyclic) bond motifs is 6. The number of nitrogens with one attached hydrogen (secondary N) is 12. The Morgan fingerprint density at radius 2 is 1.34 bits per heavy atom. The lowest BCUT2D eigenvalue weighted by atomic mass is 9.97. The summed E-state index contributed by atoms with van der Waals surface area (Å²) >= 11 is 2.44. The molecule has 0 radical (unpaired) electrons. The fourth-order valence-corrected chi connectivity index (χ4v) is 12.8. The Balaban J connectivity index is 1.31. The first kappa shape index (κ1) is 77.0. The monoisotopic (exact) mass is 1420 g/mol. The highest BCUT2D eigenvalue weighted by Gasteiger charge is 2.36. The van der Waals surface area contributed by atoms with Crippen LogP contribution in [0.15, 0.2) is 90.6 Å². The molecule has 32 nitrogen and oxygen atoms in total. The molecule has 538 valence electrons. The number of H-pyrrole nitrogens is 2. The van der Waals surface area contributed by atoms with Crippen molar-refractivity contribution in [2.24, 2.45) is 34.0 Å². The van der Waals surface area contributed by atoms with Crippen LogP contribution in [0.2, 0.25) is 0 Å². The number of guanidine groups is 1. The van der Waals surface area contributed by atoms with E-state index in [0.717, 1.165) is 24.6 Å². The molecule has 2 aliphatic rings. The number of carbonyl (C=O) groups is 11. The number of phenols is 1. The van der Waals surface area contributed by atoms with E-state index < -0.39 is 132 Å². The van der Waals surface area contributed by atoms with Crippen molar-refractivity contribution in [3.63, 3.8) is 0 Å². The number of primary amides is 2. The maximum Gasteiger partial charge on any atom is 0.338 e. The second-order valence-electron chi connectivity index (χ2n) is 24.2. The van der Waals surface area contributed by atoms with Gasteiger partial charge in [0.15, 0.2) is 0 Å².